The van der Waals surface area contributed by atoms with Gasteiger partial charge in [-0.15, -0.1) is 0 Å². The Bertz CT molecular complexity index is 609. The minimum absolute atomic E-state index is 0.0297. The van der Waals surface area contributed by atoms with Gasteiger partial charge in [0, 0.05) is 18.1 Å². The van der Waals surface area contributed by atoms with E-state index in [9.17, 15) is 16.8 Å². The van der Waals surface area contributed by atoms with E-state index in [-0.39, 0.29) is 23.6 Å². The van der Waals surface area contributed by atoms with Gasteiger partial charge in [-0.25, -0.2) is 21.6 Å². The first-order chi connectivity index (χ1) is 8.74. The number of rotatable bonds is 7. The largest absolute Gasteiger partial charge is 0.240 e. The van der Waals surface area contributed by atoms with Crippen molar-refractivity contribution in [3.05, 3.63) is 29.8 Å². The van der Waals surface area contributed by atoms with Crippen molar-refractivity contribution >= 4 is 35.8 Å². The zero-order valence-corrected chi connectivity index (χ0v) is 13.7. The lowest BCUT2D eigenvalue weighted by molar-refractivity contribution is 0.577. The number of benzene rings is 1. The van der Waals surface area contributed by atoms with Crippen LogP contribution in [0, 0.1) is 0 Å². The molecule has 0 atom stereocenters. The Kier molecular flexibility index (Phi) is 5.97. The Morgan fingerprint density at radius 3 is 2.16 bits per heavy atom. The van der Waals surface area contributed by atoms with E-state index in [0.717, 1.165) is 11.8 Å². The van der Waals surface area contributed by atoms with E-state index in [4.69, 9.17) is 0 Å². The van der Waals surface area contributed by atoms with Gasteiger partial charge in [0.25, 0.3) is 0 Å². The highest BCUT2D eigenvalue weighted by atomic mass is 79.9. The highest BCUT2D eigenvalue weighted by Gasteiger charge is 2.13. The zero-order valence-electron chi connectivity index (χ0n) is 10.5. The average molecular weight is 370 g/mol. The second-order valence-corrected chi connectivity index (χ2v) is 8.75. The van der Waals surface area contributed by atoms with Gasteiger partial charge in [0.15, 0.2) is 0 Å². The molecule has 0 amide bonds. The van der Waals surface area contributed by atoms with Gasteiger partial charge in [0.2, 0.25) is 10.0 Å². The standard InChI is InChI=1S/C11H16BrNO4S2/c1-18(14,15)8-2-7-13-19(16,17)11-5-3-10(9-12)4-6-11/h3-6,13H,2,7-9H2,1H3. The summed E-state index contributed by atoms with van der Waals surface area (Å²) in [7, 11) is -6.62. The predicted octanol–water partition coefficient (Wildman–Crippen LogP) is 1.29. The molecule has 0 fully saturated rings. The van der Waals surface area contributed by atoms with Crippen LogP contribution in [0.5, 0.6) is 0 Å². The summed E-state index contributed by atoms with van der Waals surface area (Å²) in [5, 5.41) is 0.662. The molecule has 0 spiro atoms. The molecule has 0 saturated heterocycles. The van der Waals surface area contributed by atoms with Crippen molar-refractivity contribution < 1.29 is 16.8 Å². The van der Waals surface area contributed by atoms with Crippen molar-refractivity contribution in [3.63, 3.8) is 0 Å². The summed E-state index contributed by atoms with van der Waals surface area (Å²) in [5.74, 6) is -0.0297. The number of sulfone groups is 1. The molecule has 1 aromatic rings. The van der Waals surface area contributed by atoms with Gasteiger partial charge >= 0.3 is 0 Å². The van der Waals surface area contributed by atoms with Crippen molar-refractivity contribution in [1.29, 1.82) is 0 Å². The lowest BCUT2D eigenvalue weighted by Gasteiger charge is -2.06. The SMILES string of the molecule is CS(=O)(=O)CCCNS(=O)(=O)c1ccc(CBr)cc1. The Labute approximate surface area is 122 Å². The van der Waals surface area contributed by atoms with E-state index in [1.807, 2.05) is 0 Å². The van der Waals surface area contributed by atoms with E-state index in [2.05, 4.69) is 20.7 Å². The summed E-state index contributed by atoms with van der Waals surface area (Å²) in [4.78, 5) is 0.177. The third-order valence-electron chi connectivity index (χ3n) is 2.37. The van der Waals surface area contributed by atoms with Crippen LogP contribution in [0.4, 0.5) is 0 Å². The van der Waals surface area contributed by atoms with Gasteiger partial charge in [-0.1, -0.05) is 28.1 Å². The quantitative estimate of drug-likeness (QED) is 0.580. The molecule has 1 rings (SSSR count). The Morgan fingerprint density at radius 2 is 1.68 bits per heavy atom. The van der Waals surface area contributed by atoms with E-state index in [1.165, 1.54) is 12.1 Å². The van der Waals surface area contributed by atoms with Gasteiger partial charge in [-0.3, -0.25) is 0 Å². The molecule has 0 aliphatic rings. The van der Waals surface area contributed by atoms with Crippen LogP contribution in [-0.2, 0) is 25.2 Å². The molecular weight excluding hydrogens is 354 g/mol. The maximum absolute atomic E-state index is 11.9. The van der Waals surface area contributed by atoms with Crippen LogP contribution >= 0.6 is 15.9 Å². The third kappa shape index (κ3) is 6.03. The summed E-state index contributed by atoms with van der Waals surface area (Å²) < 4.78 is 48.0. The fourth-order valence-electron chi connectivity index (χ4n) is 1.38. The van der Waals surface area contributed by atoms with Crippen molar-refractivity contribution in [2.24, 2.45) is 0 Å². The van der Waals surface area contributed by atoms with Crippen LogP contribution in [0.15, 0.2) is 29.2 Å². The van der Waals surface area contributed by atoms with Crippen molar-refractivity contribution in [2.45, 2.75) is 16.6 Å². The maximum Gasteiger partial charge on any atom is 0.240 e. The molecule has 5 nitrogen and oxygen atoms in total. The molecule has 0 heterocycles. The summed E-state index contributed by atoms with van der Waals surface area (Å²) in [5.41, 5.74) is 0.982. The molecule has 0 aliphatic carbocycles. The topological polar surface area (TPSA) is 80.3 Å². The van der Waals surface area contributed by atoms with Gasteiger partial charge < -0.3 is 0 Å². The molecule has 8 heteroatoms. The van der Waals surface area contributed by atoms with E-state index >= 15 is 0 Å². The lowest BCUT2D eigenvalue weighted by atomic mass is 10.2. The van der Waals surface area contributed by atoms with E-state index in [1.54, 1.807) is 12.1 Å². The fourth-order valence-corrected chi connectivity index (χ4v) is 3.50. The maximum atomic E-state index is 11.9. The Hall–Kier alpha value is -0.440. The van der Waals surface area contributed by atoms with Crippen molar-refractivity contribution in [3.8, 4) is 0 Å². The highest BCUT2D eigenvalue weighted by Crippen LogP contribution is 2.12. The second kappa shape index (κ2) is 6.83. The number of hydrogen-bond donors (Lipinski definition) is 1. The summed E-state index contributed by atoms with van der Waals surface area (Å²) in [6.45, 7) is 0.107. The normalized spacial score (nSPS) is 12.5. The fraction of sp³-hybridized carbons (Fsp3) is 0.455. The molecular formula is C11H16BrNO4S2. The van der Waals surface area contributed by atoms with Crippen LogP contribution in [0.3, 0.4) is 0 Å². The summed E-state index contributed by atoms with van der Waals surface area (Å²) >= 11 is 3.28. The number of nitrogens with one attached hydrogen (secondary N) is 1. The van der Waals surface area contributed by atoms with Gasteiger partial charge in [0.05, 0.1) is 10.6 Å². The number of alkyl halides is 1. The molecule has 1 aromatic carbocycles. The zero-order chi connectivity index (χ0) is 14.5. The molecule has 19 heavy (non-hydrogen) atoms. The molecule has 1 N–H and O–H groups in total. The summed E-state index contributed by atoms with van der Waals surface area (Å²) in [6.07, 6.45) is 1.39. The molecule has 0 aromatic heterocycles. The molecule has 108 valence electrons. The average Bonchev–Trinajstić information content (AvgIpc) is 2.34. The molecule has 0 bridgehead atoms. The molecule has 0 unspecified atom stereocenters. The van der Waals surface area contributed by atoms with Gasteiger partial charge in [0.1, 0.15) is 9.84 Å². The van der Waals surface area contributed by atoms with Crippen LogP contribution in [0.2, 0.25) is 0 Å². The first kappa shape index (κ1) is 16.6. The van der Waals surface area contributed by atoms with Crippen LogP contribution < -0.4 is 4.72 Å². The number of hydrogen-bond acceptors (Lipinski definition) is 4. The van der Waals surface area contributed by atoms with Gasteiger partial charge in [-0.2, -0.15) is 0 Å². The highest BCUT2D eigenvalue weighted by molar-refractivity contribution is 9.08. The second-order valence-electron chi connectivity index (χ2n) is 4.16. The van der Waals surface area contributed by atoms with Crippen LogP contribution in [0.25, 0.3) is 0 Å². The number of halogens is 1. The first-order valence-corrected chi connectivity index (χ1v) is 10.2. The van der Waals surface area contributed by atoms with E-state index in [0.29, 0.717) is 5.33 Å². The number of sulfonamides is 1. The van der Waals surface area contributed by atoms with Crippen LogP contribution in [-0.4, -0.2) is 35.4 Å². The van der Waals surface area contributed by atoms with Crippen molar-refractivity contribution in [2.75, 3.05) is 18.6 Å². The third-order valence-corrected chi connectivity index (χ3v) is 5.53. The minimum atomic E-state index is -3.56. The smallest absolute Gasteiger partial charge is 0.229 e. The Balaban J connectivity index is 2.60. The predicted molar refractivity (Wildman–Crippen MR) is 78.6 cm³/mol. The van der Waals surface area contributed by atoms with Crippen LogP contribution in [0.1, 0.15) is 12.0 Å². The van der Waals surface area contributed by atoms with Gasteiger partial charge in [-0.05, 0) is 24.1 Å². The minimum Gasteiger partial charge on any atom is -0.229 e. The molecule has 0 saturated carbocycles. The van der Waals surface area contributed by atoms with E-state index < -0.39 is 19.9 Å². The first-order valence-electron chi connectivity index (χ1n) is 5.57. The molecule has 0 radical (unpaired) electrons. The lowest BCUT2D eigenvalue weighted by Crippen LogP contribution is -2.26. The Morgan fingerprint density at radius 1 is 1.11 bits per heavy atom. The monoisotopic (exact) mass is 369 g/mol. The summed E-state index contributed by atoms with van der Waals surface area (Å²) in [6, 6.07) is 6.49. The molecule has 0 aliphatic heterocycles. The van der Waals surface area contributed by atoms with Crippen molar-refractivity contribution in [1.82, 2.24) is 4.72 Å².